The van der Waals surface area contributed by atoms with Crippen molar-refractivity contribution >= 4 is 0 Å². The molecule has 0 nitrogen and oxygen atoms in total. The highest BCUT2D eigenvalue weighted by molar-refractivity contribution is 5.15. The second kappa shape index (κ2) is 1.41. The molecular weight excluding hydrogens is 132 g/mol. The fourth-order valence-corrected chi connectivity index (χ4v) is 5.03. The van der Waals surface area contributed by atoms with Gasteiger partial charge in [-0.15, -0.1) is 0 Å². The fourth-order valence-electron chi connectivity index (χ4n) is 5.03. The van der Waals surface area contributed by atoms with Crippen molar-refractivity contribution in [1.82, 2.24) is 0 Å². The SMILES string of the molecule is C1C2CC3CC1CC1(C2)CC31. The molecule has 5 aliphatic carbocycles. The first-order valence-corrected chi connectivity index (χ1v) is 5.36. The third-order valence-corrected chi connectivity index (χ3v) is 5.15. The van der Waals surface area contributed by atoms with E-state index in [4.69, 9.17) is 0 Å². The van der Waals surface area contributed by atoms with Crippen LogP contribution in [0.4, 0.5) is 0 Å². The normalized spacial score (nSPS) is 69.8. The molecule has 11 heavy (non-hydrogen) atoms. The third kappa shape index (κ3) is 0.522. The Morgan fingerprint density at radius 1 is 0.818 bits per heavy atom. The summed E-state index contributed by atoms with van der Waals surface area (Å²) in [7, 11) is 0. The van der Waals surface area contributed by atoms with Gasteiger partial charge in [0.25, 0.3) is 0 Å². The van der Waals surface area contributed by atoms with Crippen LogP contribution in [0.1, 0.15) is 38.5 Å². The molecule has 3 atom stereocenters. The van der Waals surface area contributed by atoms with E-state index in [0.29, 0.717) is 0 Å². The van der Waals surface area contributed by atoms with Gasteiger partial charge in [-0.2, -0.15) is 0 Å². The Balaban J connectivity index is 1.83. The lowest BCUT2D eigenvalue weighted by atomic mass is 9.56. The van der Waals surface area contributed by atoms with Crippen LogP contribution in [0.25, 0.3) is 0 Å². The minimum atomic E-state index is 0.967. The van der Waals surface area contributed by atoms with Gasteiger partial charge in [0.1, 0.15) is 0 Å². The third-order valence-electron chi connectivity index (χ3n) is 5.15. The van der Waals surface area contributed by atoms with E-state index in [1.165, 1.54) is 23.7 Å². The molecule has 0 aromatic heterocycles. The molecule has 0 N–H and O–H groups in total. The molecule has 0 aromatic carbocycles. The minimum Gasteiger partial charge on any atom is -0.0475 e. The van der Waals surface area contributed by atoms with Gasteiger partial charge >= 0.3 is 0 Å². The van der Waals surface area contributed by atoms with E-state index in [9.17, 15) is 0 Å². The molecule has 60 valence electrons. The first kappa shape index (κ1) is 5.61. The maximum Gasteiger partial charge on any atom is -0.0258 e. The van der Waals surface area contributed by atoms with E-state index in [0.717, 1.165) is 5.41 Å². The van der Waals surface area contributed by atoms with Gasteiger partial charge in [0.05, 0.1) is 0 Å². The first-order valence-electron chi connectivity index (χ1n) is 5.36. The molecule has 3 unspecified atom stereocenters. The van der Waals surface area contributed by atoms with Crippen LogP contribution in [0.2, 0.25) is 0 Å². The Morgan fingerprint density at radius 2 is 1.55 bits per heavy atom. The van der Waals surface area contributed by atoms with Crippen molar-refractivity contribution in [3.05, 3.63) is 0 Å². The molecule has 0 aromatic rings. The van der Waals surface area contributed by atoms with Crippen LogP contribution in [0.15, 0.2) is 0 Å². The van der Waals surface area contributed by atoms with Crippen molar-refractivity contribution in [2.24, 2.45) is 29.1 Å². The lowest BCUT2D eigenvalue weighted by Crippen LogP contribution is -2.39. The highest BCUT2D eigenvalue weighted by atomic mass is 14.7. The Morgan fingerprint density at radius 3 is 2.18 bits per heavy atom. The van der Waals surface area contributed by atoms with E-state index in [2.05, 4.69) is 0 Å². The quantitative estimate of drug-likeness (QED) is 0.495. The average Bonchev–Trinajstić information content (AvgIpc) is 2.61. The lowest BCUT2D eigenvalue weighted by molar-refractivity contribution is 0.0117. The van der Waals surface area contributed by atoms with E-state index in [-0.39, 0.29) is 0 Å². The molecule has 5 rings (SSSR count). The smallest absolute Gasteiger partial charge is 0.0258 e. The molecule has 0 heteroatoms. The average molecular weight is 148 g/mol. The van der Waals surface area contributed by atoms with Gasteiger partial charge in [0, 0.05) is 0 Å². The van der Waals surface area contributed by atoms with Gasteiger partial charge in [-0.05, 0) is 67.6 Å². The molecule has 1 spiro atoms. The van der Waals surface area contributed by atoms with Crippen molar-refractivity contribution in [3.63, 3.8) is 0 Å². The standard InChI is InChI=1S/C11H16/c1-7-2-9-3-8(1)5-11(4-7)6-10(9)11/h7-10H,1-6H2. The predicted molar refractivity (Wildman–Crippen MR) is 44.1 cm³/mol. The monoisotopic (exact) mass is 148 g/mol. The fraction of sp³-hybridized carbons (Fsp3) is 1.00. The number of rotatable bonds is 0. The first-order chi connectivity index (χ1) is 5.36. The topological polar surface area (TPSA) is 0 Å². The summed E-state index contributed by atoms with van der Waals surface area (Å²) in [6.45, 7) is 0. The van der Waals surface area contributed by atoms with Crippen molar-refractivity contribution < 1.29 is 0 Å². The van der Waals surface area contributed by atoms with Crippen LogP contribution in [-0.4, -0.2) is 0 Å². The zero-order chi connectivity index (χ0) is 7.05. The zero-order valence-corrected chi connectivity index (χ0v) is 7.05. The molecule has 5 saturated carbocycles. The van der Waals surface area contributed by atoms with E-state index in [1.54, 1.807) is 38.5 Å². The van der Waals surface area contributed by atoms with E-state index >= 15 is 0 Å². The predicted octanol–water partition coefficient (Wildman–Crippen LogP) is 2.83. The van der Waals surface area contributed by atoms with Crippen LogP contribution in [0.5, 0.6) is 0 Å². The van der Waals surface area contributed by atoms with Crippen molar-refractivity contribution in [2.75, 3.05) is 0 Å². The summed E-state index contributed by atoms with van der Waals surface area (Å²) < 4.78 is 0. The van der Waals surface area contributed by atoms with Crippen LogP contribution >= 0.6 is 0 Å². The summed E-state index contributed by atoms with van der Waals surface area (Å²) in [5.41, 5.74) is 0.967. The largest absolute Gasteiger partial charge is 0.0475 e. The molecule has 0 saturated heterocycles. The maximum absolute atomic E-state index is 1.64. The maximum atomic E-state index is 1.64. The number of hydrogen-bond donors (Lipinski definition) is 0. The van der Waals surface area contributed by atoms with Crippen LogP contribution in [-0.2, 0) is 0 Å². The molecule has 0 heterocycles. The zero-order valence-electron chi connectivity index (χ0n) is 7.05. The van der Waals surface area contributed by atoms with Gasteiger partial charge < -0.3 is 0 Å². The Hall–Kier alpha value is 0. The minimum absolute atomic E-state index is 0.967. The molecule has 0 radical (unpaired) electrons. The highest BCUT2D eigenvalue weighted by Gasteiger charge is 2.66. The van der Waals surface area contributed by atoms with Crippen LogP contribution < -0.4 is 0 Å². The van der Waals surface area contributed by atoms with Crippen LogP contribution in [0, 0.1) is 29.1 Å². The second-order valence-electron chi connectivity index (χ2n) is 5.78. The molecule has 0 aliphatic heterocycles. The highest BCUT2D eigenvalue weighted by Crippen LogP contribution is 2.75. The summed E-state index contributed by atoms with van der Waals surface area (Å²) in [6.07, 6.45) is 9.80. The lowest BCUT2D eigenvalue weighted by Gasteiger charge is -2.49. The van der Waals surface area contributed by atoms with Crippen molar-refractivity contribution in [2.45, 2.75) is 38.5 Å². The van der Waals surface area contributed by atoms with Gasteiger partial charge in [0.15, 0.2) is 0 Å². The summed E-state index contributed by atoms with van der Waals surface area (Å²) >= 11 is 0. The van der Waals surface area contributed by atoms with E-state index in [1.807, 2.05) is 0 Å². The number of hydrogen-bond acceptors (Lipinski definition) is 0. The van der Waals surface area contributed by atoms with Crippen LogP contribution in [0.3, 0.4) is 0 Å². The van der Waals surface area contributed by atoms with Gasteiger partial charge in [-0.1, -0.05) is 0 Å². The molecule has 5 aliphatic rings. The Labute approximate surface area is 68.4 Å². The Bertz CT molecular complexity index is 204. The summed E-state index contributed by atoms with van der Waals surface area (Å²) in [4.78, 5) is 0. The molecule has 0 amide bonds. The van der Waals surface area contributed by atoms with E-state index < -0.39 is 0 Å². The Kier molecular flexibility index (Phi) is 0.717. The molecule has 4 bridgehead atoms. The van der Waals surface area contributed by atoms with Crippen molar-refractivity contribution in [3.8, 4) is 0 Å². The molecule has 5 fully saturated rings. The van der Waals surface area contributed by atoms with Gasteiger partial charge in [-0.3, -0.25) is 0 Å². The summed E-state index contributed by atoms with van der Waals surface area (Å²) in [5, 5.41) is 0. The van der Waals surface area contributed by atoms with Crippen molar-refractivity contribution in [1.29, 1.82) is 0 Å². The molecular formula is C11H16. The second-order valence-corrected chi connectivity index (χ2v) is 5.78. The summed E-state index contributed by atoms with van der Waals surface area (Å²) in [6, 6.07) is 0. The summed E-state index contributed by atoms with van der Waals surface area (Å²) in [5.74, 6) is 4.81. The van der Waals surface area contributed by atoms with Gasteiger partial charge in [-0.25, -0.2) is 0 Å². The van der Waals surface area contributed by atoms with Gasteiger partial charge in [0.2, 0.25) is 0 Å².